The first kappa shape index (κ1) is 15.5. The van der Waals surface area contributed by atoms with Gasteiger partial charge in [-0.2, -0.15) is 13.5 Å². The maximum Gasteiger partial charge on any atom is 0.276 e. The zero-order valence-electron chi connectivity index (χ0n) is 13.1. The summed E-state index contributed by atoms with van der Waals surface area (Å²) >= 11 is 0. The molecule has 5 heteroatoms. The summed E-state index contributed by atoms with van der Waals surface area (Å²) in [6, 6.07) is 6.85. The van der Waals surface area contributed by atoms with Gasteiger partial charge in [0.05, 0.1) is 4.90 Å². The highest BCUT2D eigenvalue weighted by Gasteiger charge is 2.37. The van der Waals surface area contributed by atoms with Gasteiger partial charge in [-0.1, -0.05) is 43.4 Å². The number of sulfonamides is 1. The number of aryl methyl sites for hydroxylation is 1. The molecule has 0 radical (unpaired) electrons. The average molecular weight is 320 g/mol. The van der Waals surface area contributed by atoms with Crippen molar-refractivity contribution < 1.29 is 8.42 Å². The van der Waals surface area contributed by atoms with Gasteiger partial charge in [-0.25, -0.2) is 4.83 Å². The van der Waals surface area contributed by atoms with E-state index >= 15 is 0 Å². The summed E-state index contributed by atoms with van der Waals surface area (Å²) in [6.45, 7) is 1.94. The average Bonchev–Trinajstić information content (AvgIpc) is 2.46. The molecule has 2 saturated carbocycles. The van der Waals surface area contributed by atoms with Crippen molar-refractivity contribution in [1.29, 1.82) is 0 Å². The van der Waals surface area contributed by atoms with E-state index in [1.807, 2.05) is 6.92 Å². The summed E-state index contributed by atoms with van der Waals surface area (Å²) < 4.78 is 24.5. The van der Waals surface area contributed by atoms with Crippen molar-refractivity contribution in [2.24, 2.45) is 16.9 Å². The van der Waals surface area contributed by atoms with E-state index in [2.05, 4.69) is 9.93 Å². The maximum atomic E-state index is 12.3. The Balaban J connectivity index is 1.67. The first-order chi connectivity index (χ1) is 10.6. The Morgan fingerprint density at radius 3 is 2.45 bits per heavy atom. The molecule has 120 valence electrons. The van der Waals surface area contributed by atoms with Crippen molar-refractivity contribution in [3.05, 3.63) is 29.8 Å². The first-order valence-corrected chi connectivity index (χ1v) is 9.69. The largest absolute Gasteiger partial charge is 0.276 e. The standard InChI is InChI=1S/C17H24N2O2S/c1-13-8-10-15(11-9-13)22(20,21)19-18-17-12-14-6-4-2-3-5-7-16(14)17/h8-11,14,16,19H,2-7,12H2,1H3/b18-17+/t14-,16+/m1/s1. The second-order valence-corrected chi connectivity index (χ2v) is 8.23. The lowest BCUT2D eigenvalue weighted by atomic mass is 9.66. The molecule has 0 bridgehead atoms. The number of benzene rings is 1. The molecule has 1 N–H and O–H groups in total. The fourth-order valence-electron chi connectivity index (χ4n) is 3.52. The summed E-state index contributed by atoms with van der Waals surface area (Å²) in [4.78, 5) is 2.70. The van der Waals surface area contributed by atoms with Crippen molar-refractivity contribution in [2.45, 2.75) is 56.8 Å². The van der Waals surface area contributed by atoms with E-state index in [-0.39, 0.29) is 4.90 Å². The molecule has 0 amide bonds. The van der Waals surface area contributed by atoms with Gasteiger partial charge < -0.3 is 0 Å². The lowest BCUT2D eigenvalue weighted by Crippen LogP contribution is -2.39. The fraction of sp³-hybridized carbons (Fsp3) is 0.588. The van der Waals surface area contributed by atoms with E-state index in [0.29, 0.717) is 5.92 Å². The Morgan fingerprint density at radius 1 is 1.05 bits per heavy atom. The van der Waals surface area contributed by atoms with Crippen molar-refractivity contribution in [1.82, 2.24) is 4.83 Å². The van der Waals surface area contributed by atoms with Crippen LogP contribution in [-0.4, -0.2) is 14.1 Å². The molecule has 2 atom stereocenters. The Kier molecular flexibility index (Phi) is 4.52. The molecule has 3 rings (SSSR count). The third kappa shape index (κ3) is 3.35. The van der Waals surface area contributed by atoms with Gasteiger partial charge in [0.15, 0.2) is 0 Å². The van der Waals surface area contributed by atoms with Gasteiger partial charge in [-0.15, -0.1) is 0 Å². The highest BCUT2D eigenvalue weighted by Crippen LogP contribution is 2.40. The third-order valence-electron chi connectivity index (χ3n) is 4.95. The van der Waals surface area contributed by atoms with Gasteiger partial charge in [0.25, 0.3) is 10.0 Å². The number of hydrogen-bond acceptors (Lipinski definition) is 3. The van der Waals surface area contributed by atoms with Crippen LogP contribution in [0.4, 0.5) is 0 Å². The summed E-state index contributed by atoms with van der Waals surface area (Å²) in [5.74, 6) is 1.23. The number of nitrogens with one attached hydrogen (secondary N) is 1. The molecule has 2 aliphatic carbocycles. The van der Waals surface area contributed by atoms with Gasteiger partial charge in [-0.3, -0.25) is 0 Å². The smallest absolute Gasteiger partial charge is 0.200 e. The van der Waals surface area contributed by atoms with Crippen molar-refractivity contribution >= 4 is 15.7 Å². The van der Waals surface area contributed by atoms with Crippen LogP contribution in [0.5, 0.6) is 0 Å². The number of nitrogens with zero attached hydrogens (tertiary/aromatic N) is 1. The minimum atomic E-state index is -3.54. The van der Waals surface area contributed by atoms with Gasteiger partial charge in [0, 0.05) is 11.6 Å². The zero-order chi connectivity index (χ0) is 15.6. The summed E-state index contributed by atoms with van der Waals surface area (Å²) in [5.41, 5.74) is 2.09. The molecular formula is C17H24N2O2S. The van der Waals surface area contributed by atoms with E-state index in [9.17, 15) is 8.42 Å². The lowest BCUT2D eigenvalue weighted by molar-refractivity contribution is 0.278. The van der Waals surface area contributed by atoms with Crippen molar-refractivity contribution in [3.8, 4) is 0 Å². The van der Waals surface area contributed by atoms with E-state index in [4.69, 9.17) is 0 Å². The minimum absolute atomic E-state index is 0.274. The van der Waals surface area contributed by atoms with Crippen molar-refractivity contribution in [2.75, 3.05) is 0 Å². The van der Waals surface area contributed by atoms with Crippen LogP contribution in [0.25, 0.3) is 0 Å². The second kappa shape index (κ2) is 6.41. The molecule has 0 aromatic heterocycles. The zero-order valence-corrected chi connectivity index (χ0v) is 13.9. The Hall–Kier alpha value is -1.36. The van der Waals surface area contributed by atoms with Crippen LogP contribution in [-0.2, 0) is 10.0 Å². The first-order valence-electron chi connectivity index (χ1n) is 8.21. The summed E-state index contributed by atoms with van der Waals surface area (Å²) in [6.07, 6.45) is 8.58. The highest BCUT2D eigenvalue weighted by atomic mass is 32.2. The molecule has 0 unspecified atom stereocenters. The van der Waals surface area contributed by atoms with Gasteiger partial charge >= 0.3 is 0 Å². The van der Waals surface area contributed by atoms with Crippen LogP contribution >= 0.6 is 0 Å². The molecular weight excluding hydrogens is 296 g/mol. The van der Waals surface area contributed by atoms with Crippen LogP contribution in [0.2, 0.25) is 0 Å². The minimum Gasteiger partial charge on any atom is -0.200 e. The van der Waals surface area contributed by atoms with E-state index in [1.165, 1.54) is 32.1 Å². The Labute approximate surface area is 133 Å². The van der Waals surface area contributed by atoms with Crippen LogP contribution in [0.1, 0.15) is 50.5 Å². The molecule has 0 spiro atoms. The molecule has 1 aromatic rings. The molecule has 0 aliphatic heterocycles. The molecule has 4 nitrogen and oxygen atoms in total. The topological polar surface area (TPSA) is 58.5 Å². The predicted molar refractivity (Wildman–Crippen MR) is 88.2 cm³/mol. The second-order valence-electron chi connectivity index (χ2n) is 6.57. The van der Waals surface area contributed by atoms with Crippen LogP contribution in [0.3, 0.4) is 0 Å². The monoisotopic (exact) mass is 320 g/mol. The summed E-state index contributed by atoms with van der Waals surface area (Å²) in [5, 5.41) is 4.24. The molecule has 2 aliphatic rings. The van der Waals surface area contributed by atoms with Crippen LogP contribution in [0.15, 0.2) is 34.3 Å². The fourth-order valence-corrected chi connectivity index (χ4v) is 4.36. The number of rotatable bonds is 3. The van der Waals surface area contributed by atoms with Gasteiger partial charge in [-0.05, 0) is 44.2 Å². The predicted octanol–water partition coefficient (Wildman–Crippen LogP) is 3.62. The van der Waals surface area contributed by atoms with Crippen molar-refractivity contribution in [3.63, 3.8) is 0 Å². The number of fused-ring (bicyclic) bond motifs is 1. The quantitative estimate of drug-likeness (QED) is 0.865. The molecule has 1 aromatic carbocycles. The molecule has 2 fully saturated rings. The normalized spacial score (nSPS) is 27.4. The lowest BCUT2D eigenvalue weighted by Gasteiger charge is -2.39. The van der Waals surface area contributed by atoms with Gasteiger partial charge in [0.1, 0.15) is 0 Å². The number of hydrogen-bond donors (Lipinski definition) is 1. The molecule has 22 heavy (non-hydrogen) atoms. The third-order valence-corrected chi connectivity index (χ3v) is 6.17. The molecule has 0 saturated heterocycles. The maximum absolute atomic E-state index is 12.3. The van der Waals surface area contributed by atoms with E-state index in [1.54, 1.807) is 24.3 Å². The SMILES string of the molecule is Cc1ccc(S(=O)(=O)N/N=C2\C[C@H]3CCCCCC[C@H]23)cc1. The van der Waals surface area contributed by atoms with E-state index < -0.39 is 10.0 Å². The van der Waals surface area contributed by atoms with Crippen LogP contribution in [0, 0.1) is 18.8 Å². The van der Waals surface area contributed by atoms with Crippen LogP contribution < -0.4 is 4.83 Å². The summed E-state index contributed by atoms with van der Waals surface area (Å²) in [7, 11) is -3.54. The Morgan fingerprint density at radius 2 is 1.73 bits per heavy atom. The van der Waals surface area contributed by atoms with E-state index in [0.717, 1.165) is 30.0 Å². The van der Waals surface area contributed by atoms with Gasteiger partial charge in [0.2, 0.25) is 0 Å². The Bertz CT molecular complexity index is 650. The highest BCUT2D eigenvalue weighted by molar-refractivity contribution is 7.89. The molecule has 0 heterocycles. The number of hydrazone groups is 1.